The van der Waals surface area contributed by atoms with E-state index in [1.807, 2.05) is 54.3 Å². The van der Waals surface area contributed by atoms with E-state index in [1.54, 1.807) is 21.4 Å². The molecule has 5 rings (SSSR count). The van der Waals surface area contributed by atoms with Gasteiger partial charge < -0.3 is 14.5 Å². The van der Waals surface area contributed by atoms with Gasteiger partial charge in [-0.2, -0.15) is 0 Å². The average Bonchev–Trinajstić information content (AvgIpc) is 3.34. The predicted molar refractivity (Wildman–Crippen MR) is 138 cm³/mol. The summed E-state index contributed by atoms with van der Waals surface area (Å²) >= 11 is 0. The number of rotatable bonds is 8. The van der Waals surface area contributed by atoms with Crippen molar-refractivity contribution >= 4 is 17.2 Å². The quantitative estimate of drug-likeness (QED) is 0.381. The zero-order chi connectivity index (χ0) is 24.9. The second-order valence-corrected chi connectivity index (χ2v) is 8.77. The second kappa shape index (κ2) is 10.6. The maximum absolute atomic E-state index is 13.0. The Bertz CT molecular complexity index is 1370. The molecule has 2 aromatic carbocycles. The van der Waals surface area contributed by atoms with E-state index in [2.05, 4.69) is 27.2 Å². The molecule has 0 bridgehead atoms. The summed E-state index contributed by atoms with van der Waals surface area (Å²) in [5, 5.41) is 8.36. The molecule has 0 N–H and O–H groups in total. The van der Waals surface area contributed by atoms with Crippen molar-refractivity contribution in [3.63, 3.8) is 0 Å². The van der Waals surface area contributed by atoms with E-state index in [-0.39, 0.29) is 17.1 Å². The molecule has 3 heterocycles. The number of para-hydroxylation sites is 1. The lowest BCUT2D eigenvalue weighted by molar-refractivity contribution is -0.131. The van der Waals surface area contributed by atoms with Crippen LogP contribution in [-0.4, -0.2) is 62.8 Å². The van der Waals surface area contributed by atoms with Gasteiger partial charge in [0.2, 0.25) is 11.6 Å². The van der Waals surface area contributed by atoms with Crippen LogP contribution in [0.1, 0.15) is 25.6 Å². The van der Waals surface area contributed by atoms with E-state index in [1.165, 1.54) is 5.69 Å². The second-order valence-electron chi connectivity index (χ2n) is 8.77. The monoisotopic (exact) mass is 486 g/mol. The summed E-state index contributed by atoms with van der Waals surface area (Å²) in [6, 6.07) is 17.6. The van der Waals surface area contributed by atoms with Crippen molar-refractivity contribution < 1.29 is 9.53 Å². The molecule has 0 aliphatic carbocycles. The van der Waals surface area contributed by atoms with Crippen LogP contribution in [0.5, 0.6) is 5.75 Å². The first-order valence-electron chi connectivity index (χ1n) is 12.4. The number of piperazine rings is 1. The van der Waals surface area contributed by atoms with Crippen LogP contribution in [0.25, 0.3) is 11.3 Å². The molecule has 1 aliphatic rings. The van der Waals surface area contributed by atoms with Crippen molar-refractivity contribution in [2.75, 3.05) is 37.7 Å². The first kappa shape index (κ1) is 23.6. The lowest BCUT2D eigenvalue weighted by Gasteiger charge is -2.36. The maximum Gasteiger partial charge on any atom is 0.300 e. The van der Waals surface area contributed by atoms with Crippen LogP contribution in [-0.2, 0) is 11.2 Å². The third kappa shape index (κ3) is 4.95. The van der Waals surface area contributed by atoms with Crippen molar-refractivity contribution in [3.8, 4) is 11.4 Å². The van der Waals surface area contributed by atoms with E-state index in [9.17, 15) is 9.59 Å². The normalized spacial score (nSPS) is 13.8. The Morgan fingerprint density at radius 1 is 0.917 bits per heavy atom. The van der Waals surface area contributed by atoms with Crippen LogP contribution in [0.15, 0.2) is 71.8 Å². The van der Waals surface area contributed by atoms with Crippen LogP contribution in [0, 0.1) is 0 Å². The Balaban J connectivity index is 1.17. The Morgan fingerprint density at radius 2 is 1.67 bits per heavy atom. The van der Waals surface area contributed by atoms with Crippen molar-refractivity contribution in [2.24, 2.45) is 0 Å². The van der Waals surface area contributed by atoms with Crippen LogP contribution in [0.2, 0.25) is 0 Å². The lowest BCUT2D eigenvalue weighted by Crippen LogP contribution is -2.48. The molecule has 9 nitrogen and oxygen atoms in total. The zero-order valence-corrected chi connectivity index (χ0v) is 20.4. The number of aromatic nitrogens is 4. The smallest absolute Gasteiger partial charge is 0.300 e. The van der Waals surface area contributed by atoms with E-state index in [0.717, 1.165) is 37.6 Å². The van der Waals surface area contributed by atoms with Gasteiger partial charge in [0.05, 0.1) is 6.61 Å². The fourth-order valence-corrected chi connectivity index (χ4v) is 4.59. The molecule has 1 amide bonds. The largest absolute Gasteiger partial charge is 0.494 e. The highest BCUT2D eigenvalue weighted by Crippen LogP contribution is 2.17. The van der Waals surface area contributed by atoms with Gasteiger partial charge in [-0.15, -0.1) is 10.2 Å². The van der Waals surface area contributed by atoms with Gasteiger partial charge in [0.15, 0.2) is 0 Å². The number of carbonyl (C=O) groups excluding carboxylic acids is 1. The molecule has 36 heavy (non-hydrogen) atoms. The summed E-state index contributed by atoms with van der Waals surface area (Å²) in [5.41, 5.74) is 1.95. The summed E-state index contributed by atoms with van der Waals surface area (Å²) in [7, 11) is 0. The molecule has 0 unspecified atom stereocenters. The van der Waals surface area contributed by atoms with Gasteiger partial charge in [0.1, 0.15) is 11.6 Å². The molecular weight excluding hydrogens is 456 g/mol. The predicted octanol–water partition coefficient (Wildman–Crippen LogP) is 2.95. The number of amides is 1. The van der Waals surface area contributed by atoms with E-state index < -0.39 is 0 Å². The fraction of sp³-hybridized carbons (Fsp3) is 0.333. The minimum atomic E-state index is -0.243. The molecule has 0 atom stereocenters. The summed E-state index contributed by atoms with van der Waals surface area (Å²) in [6.07, 6.45) is 5.19. The summed E-state index contributed by atoms with van der Waals surface area (Å²) in [4.78, 5) is 30.0. The van der Waals surface area contributed by atoms with Crippen LogP contribution in [0.3, 0.4) is 0 Å². The van der Waals surface area contributed by atoms with Gasteiger partial charge in [-0.1, -0.05) is 18.2 Å². The van der Waals surface area contributed by atoms with Crippen molar-refractivity contribution in [2.45, 2.75) is 26.2 Å². The number of carbonyl (C=O) groups is 1. The zero-order valence-electron chi connectivity index (χ0n) is 20.4. The number of ether oxygens (including phenoxy) is 1. The van der Waals surface area contributed by atoms with Crippen LogP contribution >= 0.6 is 0 Å². The third-order valence-corrected chi connectivity index (χ3v) is 6.51. The van der Waals surface area contributed by atoms with Crippen LogP contribution < -0.4 is 15.2 Å². The molecule has 2 aromatic heterocycles. The fourth-order valence-electron chi connectivity index (χ4n) is 4.59. The first-order valence-corrected chi connectivity index (χ1v) is 12.4. The minimum absolute atomic E-state index is 0.161. The van der Waals surface area contributed by atoms with Crippen LogP contribution in [0.4, 0.5) is 5.69 Å². The molecule has 9 heteroatoms. The maximum atomic E-state index is 13.0. The number of aryl methyl sites for hydroxylation is 1. The van der Waals surface area contributed by atoms with Gasteiger partial charge in [-0.25, -0.2) is 0 Å². The van der Waals surface area contributed by atoms with Gasteiger partial charge in [0.25, 0.3) is 0 Å². The summed E-state index contributed by atoms with van der Waals surface area (Å²) in [6.45, 7) is 5.65. The number of anilines is 1. The SMILES string of the molecule is CCOc1ccc(-n2ccn3c(CCCC(=O)N4CCN(c5ccccc5)CC4)nnc3c2=O)cc1. The summed E-state index contributed by atoms with van der Waals surface area (Å²) in [5.74, 6) is 1.60. The molecule has 186 valence electrons. The molecule has 0 spiro atoms. The Morgan fingerprint density at radius 3 is 2.39 bits per heavy atom. The summed E-state index contributed by atoms with van der Waals surface area (Å²) < 4.78 is 8.74. The third-order valence-electron chi connectivity index (χ3n) is 6.51. The standard InChI is InChI=1S/C27H30N6O3/c1-2-36-23-13-11-22(12-14-23)32-19-20-33-24(28-29-26(33)27(32)35)9-6-10-25(34)31-17-15-30(16-18-31)21-7-4-3-5-8-21/h3-5,7-8,11-14,19-20H,2,6,9-10,15-18H2,1H3. The highest BCUT2D eigenvalue weighted by Gasteiger charge is 2.21. The molecule has 4 aromatic rings. The molecule has 1 aliphatic heterocycles. The number of hydrogen-bond acceptors (Lipinski definition) is 6. The highest BCUT2D eigenvalue weighted by molar-refractivity contribution is 5.76. The van der Waals surface area contributed by atoms with Gasteiger partial charge in [0, 0.05) is 62.8 Å². The van der Waals surface area contributed by atoms with Crippen molar-refractivity contribution in [3.05, 3.63) is 83.2 Å². The van der Waals surface area contributed by atoms with Crippen molar-refractivity contribution in [1.29, 1.82) is 0 Å². The average molecular weight is 487 g/mol. The number of hydrogen-bond donors (Lipinski definition) is 0. The topological polar surface area (TPSA) is 85.0 Å². The number of fused-ring (bicyclic) bond motifs is 1. The Kier molecular flexibility index (Phi) is 6.97. The Labute approximate surface area is 209 Å². The molecule has 0 radical (unpaired) electrons. The lowest BCUT2D eigenvalue weighted by atomic mass is 10.2. The van der Waals surface area contributed by atoms with E-state index >= 15 is 0 Å². The van der Waals surface area contributed by atoms with Gasteiger partial charge in [-0.05, 0) is 49.7 Å². The van der Waals surface area contributed by atoms with E-state index in [4.69, 9.17) is 4.74 Å². The molecule has 1 fully saturated rings. The first-order chi connectivity index (χ1) is 17.6. The molecule has 1 saturated heterocycles. The molecular formula is C27H30N6O3. The number of benzene rings is 2. The molecule has 0 saturated carbocycles. The number of nitrogens with zero attached hydrogens (tertiary/aromatic N) is 6. The van der Waals surface area contributed by atoms with E-state index in [0.29, 0.717) is 31.7 Å². The van der Waals surface area contributed by atoms with Crippen molar-refractivity contribution in [1.82, 2.24) is 24.1 Å². The Hall–Kier alpha value is -4.14. The van der Waals surface area contributed by atoms with Gasteiger partial charge in [-0.3, -0.25) is 18.6 Å². The van der Waals surface area contributed by atoms with Gasteiger partial charge >= 0.3 is 5.56 Å². The minimum Gasteiger partial charge on any atom is -0.494 e. The highest BCUT2D eigenvalue weighted by atomic mass is 16.5.